The zero-order valence-corrected chi connectivity index (χ0v) is 11.1. The Morgan fingerprint density at radius 1 is 1.29 bits per heavy atom. The number of carbonyl (C=O) groups is 1. The van der Waals surface area contributed by atoms with Crippen molar-refractivity contribution in [3.05, 3.63) is 28.8 Å². The number of primary amides is 1. The van der Waals surface area contributed by atoms with Crippen molar-refractivity contribution in [1.82, 2.24) is 4.90 Å². The Morgan fingerprint density at radius 2 is 1.82 bits per heavy atom. The summed E-state index contributed by atoms with van der Waals surface area (Å²) in [6.45, 7) is 4.02. The quantitative estimate of drug-likeness (QED) is 0.859. The van der Waals surface area contributed by atoms with Crippen molar-refractivity contribution in [3.8, 4) is 5.75 Å². The minimum Gasteiger partial charge on any atom is -0.496 e. The number of likely N-dealkylation sites (N-methyl/N-ethyl adjacent to an activating group) is 1. The smallest absolute Gasteiger partial charge is 0.239 e. The van der Waals surface area contributed by atoms with Crippen LogP contribution in [0.2, 0.25) is 0 Å². The number of amides is 1. The highest BCUT2D eigenvalue weighted by atomic mass is 16.5. The van der Waals surface area contributed by atoms with Gasteiger partial charge in [0.1, 0.15) is 11.8 Å². The molecule has 4 heteroatoms. The summed E-state index contributed by atoms with van der Waals surface area (Å²) in [4.78, 5) is 13.3. The van der Waals surface area contributed by atoms with Crippen LogP contribution in [0.1, 0.15) is 22.7 Å². The van der Waals surface area contributed by atoms with E-state index in [0.29, 0.717) is 5.75 Å². The van der Waals surface area contributed by atoms with Crippen LogP contribution in [0, 0.1) is 13.8 Å². The molecule has 0 aliphatic heterocycles. The van der Waals surface area contributed by atoms with Crippen LogP contribution in [0.25, 0.3) is 0 Å². The SMILES string of the molecule is COc1cc(C)c(C)cc1C(C(N)=O)N(C)C. The molecule has 0 aliphatic rings. The topological polar surface area (TPSA) is 55.6 Å². The normalized spacial score (nSPS) is 12.6. The lowest BCUT2D eigenvalue weighted by atomic mass is 9.98. The Bertz CT molecular complexity index is 428. The number of benzene rings is 1. The zero-order valence-electron chi connectivity index (χ0n) is 11.1. The fourth-order valence-electron chi connectivity index (χ4n) is 1.89. The molecular formula is C13H20N2O2. The van der Waals surface area contributed by atoms with Gasteiger partial charge in [-0.3, -0.25) is 9.69 Å². The average molecular weight is 236 g/mol. The van der Waals surface area contributed by atoms with Gasteiger partial charge in [0.2, 0.25) is 5.91 Å². The van der Waals surface area contributed by atoms with Gasteiger partial charge in [-0.1, -0.05) is 6.07 Å². The summed E-state index contributed by atoms with van der Waals surface area (Å²) in [5.41, 5.74) is 8.51. The third kappa shape index (κ3) is 2.77. The Morgan fingerprint density at radius 3 is 2.24 bits per heavy atom. The number of ether oxygens (including phenoxy) is 1. The molecule has 0 aromatic heterocycles. The molecule has 1 unspecified atom stereocenters. The predicted octanol–water partition coefficient (Wildman–Crippen LogP) is 1.40. The summed E-state index contributed by atoms with van der Waals surface area (Å²) in [7, 11) is 5.25. The van der Waals surface area contributed by atoms with Crippen LogP contribution in [0.3, 0.4) is 0 Å². The van der Waals surface area contributed by atoms with Crippen molar-refractivity contribution in [2.45, 2.75) is 19.9 Å². The van der Waals surface area contributed by atoms with E-state index in [1.807, 2.05) is 40.1 Å². The molecule has 0 radical (unpaired) electrons. The zero-order chi connectivity index (χ0) is 13.2. The van der Waals surface area contributed by atoms with Crippen molar-refractivity contribution in [3.63, 3.8) is 0 Å². The lowest BCUT2D eigenvalue weighted by molar-refractivity contribution is -0.122. The van der Waals surface area contributed by atoms with Gasteiger partial charge in [0.05, 0.1) is 7.11 Å². The first-order chi connectivity index (χ1) is 7.88. The van der Waals surface area contributed by atoms with Crippen molar-refractivity contribution < 1.29 is 9.53 Å². The van der Waals surface area contributed by atoms with Crippen molar-refractivity contribution in [2.24, 2.45) is 5.73 Å². The molecule has 0 fully saturated rings. The van der Waals surface area contributed by atoms with Crippen LogP contribution in [0.5, 0.6) is 5.75 Å². The van der Waals surface area contributed by atoms with Gasteiger partial charge in [0, 0.05) is 5.56 Å². The standard InChI is InChI=1S/C13H20N2O2/c1-8-6-10(11(17-5)7-9(8)2)12(13(14)16)15(3)4/h6-7,12H,1-5H3,(H2,14,16). The molecule has 0 bridgehead atoms. The van der Waals surface area contributed by atoms with Crippen LogP contribution in [0.4, 0.5) is 0 Å². The first-order valence-electron chi connectivity index (χ1n) is 5.49. The highest BCUT2D eigenvalue weighted by Crippen LogP contribution is 2.30. The van der Waals surface area contributed by atoms with Gasteiger partial charge in [0.15, 0.2) is 0 Å². The van der Waals surface area contributed by atoms with Crippen molar-refractivity contribution in [1.29, 1.82) is 0 Å². The third-order valence-corrected chi connectivity index (χ3v) is 2.93. The van der Waals surface area contributed by atoms with E-state index in [1.165, 1.54) is 0 Å². The Hall–Kier alpha value is -1.55. The second kappa shape index (κ2) is 5.19. The van der Waals surface area contributed by atoms with Gasteiger partial charge in [-0.2, -0.15) is 0 Å². The molecule has 1 aromatic rings. The van der Waals surface area contributed by atoms with E-state index in [9.17, 15) is 4.79 Å². The molecule has 17 heavy (non-hydrogen) atoms. The monoisotopic (exact) mass is 236 g/mol. The summed E-state index contributed by atoms with van der Waals surface area (Å²) in [6.07, 6.45) is 0. The maximum Gasteiger partial charge on any atom is 0.239 e. The lowest BCUT2D eigenvalue weighted by Crippen LogP contribution is -2.33. The second-order valence-corrected chi connectivity index (χ2v) is 4.45. The van der Waals surface area contributed by atoms with E-state index in [2.05, 4.69) is 0 Å². The maximum atomic E-state index is 11.5. The van der Waals surface area contributed by atoms with Crippen molar-refractivity contribution in [2.75, 3.05) is 21.2 Å². The Balaban J connectivity index is 3.36. The number of carbonyl (C=O) groups excluding carboxylic acids is 1. The molecular weight excluding hydrogens is 216 g/mol. The number of hydrogen-bond acceptors (Lipinski definition) is 3. The van der Waals surface area contributed by atoms with Crippen molar-refractivity contribution >= 4 is 5.91 Å². The van der Waals surface area contributed by atoms with E-state index in [1.54, 1.807) is 12.0 Å². The van der Waals surface area contributed by atoms with Gasteiger partial charge in [0.25, 0.3) is 0 Å². The van der Waals surface area contributed by atoms with Crippen LogP contribution in [-0.2, 0) is 4.79 Å². The summed E-state index contributed by atoms with van der Waals surface area (Å²) in [5, 5.41) is 0. The lowest BCUT2D eigenvalue weighted by Gasteiger charge is -2.24. The van der Waals surface area contributed by atoms with E-state index in [-0.39, 0.29) is 5.91 Å². The minimum absolute atomic E-state index is 0.378. The predicted molar refractivity (Wildman–Crippen MR) is 68.1 cm³/mol. The molecule has 0 spiro atoms. The van der Waals surface area contributed by atoms with Crippen LogP contribution >= 0.6 is 0 Å². The average Bonchev–Trinajstić information content (AvgIpc) is 2.22. The molecule has 1 amide bonds. The third-order valence-electron chi connectivity index (χ3n) is 2.93. The second-order valence-electron chi connectivity index (χ2n) is 4.45. The fraction of sp³-hybridized carbons (Fsp3) is 0.462. The van der Waals surface area contributed by atoms with E-state index in [0.717, 1.165) is 16.7 Å². The van der Waals surface area contributed by atoms with E-state index >= 15 is 0 Å². The molecule has 4 nitrogen and oxygen atoms in total. The van der Waals surface area contributed by atoms with Gasteiger partial charge >= 0.3 is 0 Å². The molecule has 1 rings (SSSR count). The number of hydrogen-bond donors (Lipinski definition) is 1. The molecule has 94 valence electrons. The fourth-order valence-corrected chi connectivity index (χ4v) is 1.89. The van der Waals surface area contributed by atoms with Crippen LogP contribution in [0.15, 0.2) is 12.1 Å². The molecule has 0 saturated heterocycles. The highest BCUT2D eigenvalue weighted by molar-refractivity contribution is 5.82. The number of rotatable bonds is 4. The summed E-state index contributed by atoms with van der Waals surface area (Å²) < 4.78 is 5.33. The Kier molecular flexibility index (Phi) is 4.12. The van der Waals surface area contributed by atoms with E-state index < -0.39 is 6.04 Å². The number of nitrogens with two attached hydrogens (primary N) is 1. The number of aryl methyl sites for hydroxylation is 2. The summed E-state index contributed by atoms with van der Waals surface area (Å²) in [5.74, 6) is 0.321. The largest absolute Gasteiger partial charge is 0.496 e. The van der Waals surface area contributed by atoms with Gasteiger partial charge < -0.3 is 10.5 Å². The molecule has 1 atom stereocenters. The van der Waals surface area contributed by atoms with Crippen LogP contribution < -0.4 is 10.5 Å². The molecule has 0 aliphatic carbocycles. The first kappa shape index (κ1) is 13.5. The molecule has 2 N–H and O–H groups in total. The van der Waals surface area contributed by atoms with Gasteiger partial charge in [-0.05, 0) is 45.1 Å². The van der Waals surface area contributed by atoms with Gasteiger partial charge in [-0.15, -0.1) is 0 Å². The maximum absolute atomic E-state index is 11.5. The molecule has 0 heterocycles. The number of nitrogens with zero attached hydrogens (tertiary/aromatic N) is 1. The van der Waals surface area contributed by atoms with Crippen LogP contribution in [-0.4, -0.2) is 32.0 Å². The van der Waals surface area contributed by atoms with E-state index in [4.69, 9.17) is 10.5 Å². The summed E-state index contributed by atoms with van der Waals surface area (Å²) in [6, 6.07) is 3.43. The first-order valence-corrected chi connectivity index (χ1v) is 5.49. The Labute approximate surface area is 102 Å². The minimum atomic E-state index is -0.468. The van der Waals surface area contributed by atoms with Gasteiger partial charge in [-0.25, -0.2) is 0 Å². The number of methoxy groups -OCH3 is 1. The highest BCUT2D eigenvalue weighted by Gasteiger charge is 2.24. The molecule has 1 aromatic carbocycles. The summed E-state index contributed by atoms with van der Waals surface area (Å²) >= 11 is 0. The molecule has 0 saturated carbocycles.